The predicted molar refractivity (Wildman–Crippen MR) is 132 cm³/mol. The number of carbonyl (C=O) groups excluding carboxylic acids is 2. The molecule has 0 aromatic heterocycles. The summed E-state index contributed by atoms with van der Waals surface area (Å²) in [6.45, 7) is 5.64. The Labute approximate surface area is 200 Å². The van der Waals surface area contributed by atoms with E-state index in [1.54, 1.807) is 13.2 Å². The summed E-state index contributed by atoms with van der Waals surface area (Å²) < 4.78 is 11.2. The molecule has 2 aliphatic rings. The minimum atomic E-state index is -0.738. The summed E-state index contributed by atoms with van der Waals surface area (Å²) in [5.41, 5.74) is 0.785. The summed E-state index contributed by atoms with van der Waals surface area (Å²) in [7, 11) is 1.59. The third-order valence-electron chi connectivity index (χ3n) is 7.17. The average Bonchev–Trinajstić information content (AvgIpc) is 2.81. The van der Waals surface area contributed by atoms with Crippen LogP contribution >= 0.6 is 0 Å². The largest absolute Gasteiger partial charge is 0.454 e. The van der Waals surface area contributed by atoms with Crippen LogP contribution in [0.5, 0.6) is 0 Å². The van der Waals surface area contributed by atoms with Crippen LogP contribution in [0.4, 0.5) is 0 Å². The highest BCUT2D eigenvalue weighted by atomic mass is 16.5. The number of carbonyl (C=O) groups is 2. The maximum Gasteiger partial charge on any atom is 0.331 e. The number of rotatable bonds is 7. The van der Waals surface area contributed by atoms with E-state index < -0.39 is 30.2 Å². The molecule has 0 radical (unpaired) electrons. The van der Waals surface area contributed by atoms with Crippen LogP contribution in [0, 0.1) is 17.8 Å². The Balaban J connectivity index is 2.12. The molecule has 1 aliphatic carbocycles. The number of hydrogen-bond donors (Lipinski definition) is 1. The number of aliphatic hydroxyl groups excluding tert-OH is 1. The maximum absolute atomic E-state index is 13.0. The molecule has 0 bridgehead atoms. The van der Waals surface area contributed by atoms with Crippen molar-refractivity contribution in [2.24, 2.45) is 17.8 Å². The summed E-state index contributed by atoms with van der Waals surface area (Å²) in [5.74, 6) is -0.204. The van der Waals surface area contributed by atoms with Crippen LogP contribution in [-0.2, 0) is 19.1 Å². The van der Waals surface area contributed by atoms with Gasteiger partial charge in [0.2, 0.25) is 0 Å². The van der Waals surface area contributed by atoms with Gasteiger partial charge in [0.15, 0.2) is 0 Å². The van der Waals surface area contributed by atoms with Crippen LogP contribution in [0.3, 0.4) is 0 Å². The molecule has 0 aromatic carbocycles. The number of hydrogen-bond acceptors (Lipinski definition) is 5. The molecule has 1 N–H and O–H groups in total. The highest BCUT2D eigenvalue weighted by Crippen LogP contribution is 2.29. The average molecular weight is 461 g/mol. The molecule has 1 heterocycles. The smallest absolute Gasteiger partial charge is 0.331 e. The van der Waals surface area contributed by atoms with Gasteiger partial charge in [-0.1, -0.05) is 76.7 Å². The molecule has 0 amide bonds. The number of esters is 1. The topological polar surface area (TPSA) is 72.8 Å². The number of ether oxygens (including phenoxy) is 2. The van der Waals surface area contributed by atoms with Crippen molar-refractivity contribution in [2.75, 3.05) is 7.11 Å². The minimum Gasteiger partial charge on any atom is -0.454 e. The Kier molecular flexibility index (Phi) is 12.1. The maximum atomic E-state index is 13.0. The zero-order valence-electron chi connectivity index (χ0n) is 21.0. The lowest BCUT2D eigenvalue weighted by Crippen LogP contribution is -2.34. The molecule has 2 rings (SSSR count). The Bertz CT molecular complexity index is 701. The van der Waals surface area contributed by atoms with E-state index in [1.165, 1.54) is 38.2 Å². The monoisotopic (exact) mass is 460 g/mol. The van der Waals surface area contributed by atoms with E-state index in [4.69, 9.17) is 9.47 Å². The van der Waals surface area contributed by atoms with Crippen molar-refractivity contribution >= 4 is 11.8 Å². The second-order valence-electron chi connectivity index (χ2n) is 9.88. The Morgan fingerprint density at radius 2 is 1.91 bits per heavy atom. The van der Waals surface area contributed by atoms with E-state index in [-0.39, 0.29) is 11.7 Å². The molecule has 0 unspecified atom stereocenters. The standard InChI is InChI=1S/C28H44O5/c1-20-19-21(2)28(22(3)24(29)16-12-15-23-13-8-7-9-14-23)33-26(30)18-11-6-5-10-17-25(32-4)27(20)31/h10-11,17-20,22-23,25,27-28,31H,5-9,12-16H2,1-4H3/t20-,22-,25+,27+,28+/m1/s1. The number of ketones is 1. The number of methoxy groups -OCH3 is 1. The van der Waals surface area contributed by atoms with E-state index in [0.29, 0.717) is 12.8 Å². The summed E-state index contributed by atoms with van der Waals surface area (Å²) >= 11 is 0. The normalized spacial score (nSPS) is 29.1. The van der Waals surface area contributed by atoms with E-state index in [9.17, 15) is 14.7 Å². The van der Waals surface area contributed by atoms with Crippen LogP contribution in [0.25, 0.3) is 0 Å². The van der Waals surface area contributed by atoms with Gasteiger partial charge in [0.05, 0.1) is 12.0 Å². The van der Waals surface area contributed by atoms with Gasteiger partial charge in [0.1, 0.15) is 18.0 Å². The summed E-state index contributed by atoms with van der Waals surface area (Å²) in [6.07, 6.45) is 17.7. The van der Waals surface area contributed by atoms with Gasteiger partial charge in [0.25, 0.3) is 0 Å². The highest BCUT2D eigenvalue weighted by Gasteiger charge is 2.30. The first-order chi connectivity index (χ1) is 15.8. The van der Waals surface area contributed by atoms with Gasteiger partial charge in [-0.15, -0.1) is 0 Å². The van der Waals surface area contributed by atoms with Gasteiger partial charge in [-0.3, -0.25) is 4.79 Å². The summed E-state index contributed by atoms with van der Waals surface area (Å²) in [6, 6.07) is 0. The fourth-order valence-electron chi connectivity index (χ4n) is 5.03. The third kappa shape index (κ3) is 9.21. The molecule has 1 saturated carbocycles. The van der Waals surface area contributed by atoms with Crippen LogP contribution in [0.1, 0.15) is 85.0 Å². The van der Waals surface area contributed by atoms with Crippen LogP contribution in [-0.4, -0.2) is 42.3 Å². The fraction of sp³-hybridized carbons (Fsp3) is 0.714. The molecular weight excluding hydrogens is 416 g/mol. The van der Waals surface area contributed by atoms with E-state index in [0.717, 1.165) is 30.8 Å². The second kappa shape index (κ2) is 14.5. The lowest BCUT2D eigenvalue weighted by molar-refractivity contribution is -0.145. The quantitative estimate of drug-likeness (QED) is 0.389. The van der Waals surface area contributed by atoms with Gasteiger partial charge in [-0.05, 0) is 37.7 Å². The summed E-state index contributed by atoms with van der Waals surface area (Å²) in [5, 5.41) is 10.8. The van der Waals surface area contributed by atoms with Crippen molar-refractivity contribution in [2.45, 2.75) is 103 Å². The lowest BCUT2D eigenvalue weighted by atomic mass is 9.84. The molecule has 186 valence electrons. The first-order valence-corrected chi connectivity index (χ1v) is 12.8. The third-order valence-corrected chi connectivity index (χ3v) is 7.17. The number of cyclic esters (lactones) is 1. The van der Waals surface area contributed by atoms with Gasteiger partial charge in [-0.2, -0.15) is 0 Å². The molecule has 0 spiro atoms. The van der Waals surface area contributed by atoms with Crippen molar-refractivity contribution < 1.29 is 24.2 Å². The predicted octanol–water partition coefficient (Wildman–Crippen LogP) is 5.72. The Hall–Kier alpha value is -1.72. The zero-order chi connectivity index (χ0) is 24.2. The van der Waals surface area contributed by atoms with Crippen LogP contribution < -0.4 is 0 Å². The molecule has 33 heavy (non-hydrogen) atoms. The number of Topliss-reactive ketones (excluding diaryl/α,β-unsaturated/α-hetero) is 1. The van der Waals surface area contributed by atoms with Crippen LogP contribution in [0.15, 0.2) is 36.0 Å². The van der Waals surface area contributed by atoms with Crippen molar-refractivity contribution in [1.82, 2.24) is 0 Å². The lowest BCUT2D eigenvalue weighted by Gasteiger charge is -2.27. The zero-order valence-corrected chi connectivity index (χ0v) is 21.0. The van der Waals surface area contributed by atoms with E-state index in [1.807, 2.05) is 39.0 Å². The van der Waals surface area contributed by atoms with E-state index >= 15 is 0 Å². The molecule has 5 heteroatoms. The first kappa shape index (κ1) is 27.5. The Morgan fingerprint density at radius 1 is 1.21 bits per heavy atom. The SMILES string of the molecule is CO[C@H]1C=CCCC=CC(=O)O[C@H]([C@H](C)C(=O)CCCC2CCCCC2)C(C)=C[C@@H](C)[C@@H]1O. The molecular formula is C28H44O5. The van der Waals surface area contributed by atoms with Gasteiger partial charge in [-0.25, -0.2) is 4.79 Å². The Morgan fingerprint density at radius 3 is 2.61 bits per heavy atom. The molecule has 0 aromatic rings. The van der Waals surface area contributed by atoms with Crippen molar-refractivity contribution in [1.29, 1.82) is 0 Å². The second-order valence-corrected chi connectivity index (χ2v) is 9.88. The molecule has 1 fully saturated rings. The first-order valence-electron chi connectivity index (χ1n) is 12.8. The molecule has 5 nitrogen and oxygen atoms in total. The summed E-state index contributed by atoms with van der Waals surface area (Å²) in [4.78, 5) is 25.5. The van der Waals surface area contributed by atoms with Crippen LogP contribution in [0.2, 0.25) is 0 Å². The fourth-order valence-corrected chi connectivity index (χ4v) is 5.03. The van der Waals surface area contributed by atoms with Crippen molar-refractivity contribution in [3.63, 3.8) is 0 Å². The number of allylic oxidation sites excluding steroid dienone is 2. The molecule has 1 aliphatic heterocycles. The van der Waals surface area contributed by atoms with Crippen molar-refractivity contribution in [3.8, 4) is 0 Å². The van der Waals surface area contributed by atoms with Crippen molar-refractivity contribution in [3.05, 3.63) is 36.0 Å². The molecule has 0 saturated heterocycles. The van der Waals surface area contributed by atoms with Gasteiger partial charge < -0.3 is 14.6 Å². The highest BCUT2D eigenvalue weighted by molar-refractivity contribution is 5.84. The van der Waals surface area contributed by atoms with Gasteiger partial charge >= 0.3 is 5.97 Å². The van der Waals surface area contributed by atoms with E-state index in [2.05, 4.69) is 0 Å². The minimum absolute atomic E-state index is 0.132. The van der Waals surface area contributed by atoms with Gasteiger partial charge in [0, 0.05) is 25.5 Å². The number of aliphatic hydroxyl groups is 1. The molecule has 5 atom stereocenters.